The Hall–Kier alpha value is -1.26. The SMILES string of the molecule is C#C.CCNCc1ccccc1. The molecule has 0 saturated heterocycles. The molecule has 0 unspecified atom stereocenters. The highest BCUT2D eigenvalue weighted by atomic mass is 14.8. The van der Waals surface area contributed by atoms with E-state index in [1.807, 2.05) is 6.07 Å². The molecule has 0 bridgehead atoms. The molecule has 0 saturated carbocycles. The van der Waals surface area contributed by atoms with Crippen molar-refractivity contribution in [2.75, 3.05) is 6.54 Å². The van der Waals surface area contributed by atoms with Crippen molar-refractivity contribution in [3.8, 4) is 12.8 Å². The van der Waals surface area contributed by atoms with E-state index in [2.05, 4.69) is 49.4 Å². The first-order valence-electron chi connectivity index (χ1n) is 4.01. The van der Waals surface area contributed by atoms with Crippen LogP contribution in [0.1, 0.15) is 12.5 Å². The summed E-state index contributed by atoms with van der Waals surface area (Å²) in [5.74, 6) is 0. The molecule has 0 spiro atoms. The lowest BCUT2D eigenvalue weighted by Crippen LogP contribution is -2.11. The Morgan fingerprint density at radius 2 is 1.75 bits per heavy atom. The zero-order valence-electron chi connectivity index (χ0n) is 7.46. The molecule has 64 valence electrons. The number of rotatable bonds is 3. The average molecular weight is 161 g/mol. The second-order valence-electron chi connectivity index (χ2n) is 2.27. The fourth-order valence-electron chi connectivity index (χ4n) is 0.865. The Labute approximate surface area is 74.8 Å². The van der Waals surface area contributed by atoms with Crippen molar-refractivity contribution in [3.63, 3.8) is 0 Å². The number of nitrogens with one attached hydrogen (secondary N) is 1. The van der Waals surface area contributed by atoms with Crippen LogP contribution in [-0.2, 0) is 6.54 Å². The standard InChI is InChI=1S/C9H13N.C2H2/c1-2-10-8-9-6-4-3-5-7-9;1-2/h3-7,10H,2,8H2,1H3;1-2H. The van der Waals surface area contributed by atoms with Crippen LogP contribution in [0.5, 0.6) is 0 Å². The predicted octanol–water partition coefficient (Wildman–Crippen LogP) is 2.05. The molecule has 1 N–H and O–H groups in total. The van der Waals surface area contributed by atoms with Crippen LogP contribution in [0.4, 0.5) is 0 Å². The van der Waals surface area contributed by atoms with Crippen LogP contribution >= 0.6 is 0 Å². The minimum Gasteiger partial charge on any atom is -0.313 e. The van der Waals surface area contributed by atoms with Gasteiger partial charge in [0, 0.05) is 6.54 Å². The van der Waals surface area contributed by atoms with Crippen LogP contribution in [0.3, 0.4) is 0 Å². The van der Waals surface area contributed by atoms with Gasteiger partial charge in [-0.3, -0.25) is 0 Å². The van der Waals surface area contributed by atoms with Crippen molar-refractivity contribution in [1.29, 1.82) is 0 Å². The zero-order valence-corrected chi connectivity index (χ0v) is 7.46. The van der Waals surface area contributed by atoms with Gasteiger partial charge in [0.15, 0.2) is 0 Å². The van der Waals surface area contributed by atoms with Crippen molar-refractivity contribution in [2.24, 2.45) is 0 Å². The van der Waals surface area contributed by atoms with Crippen molar-refractivity contribution in [3.05, 3.63) is 35.9 Å². The molecule has 1 rings (SSSR count). The largest absolute Gasteiger partial charge is 0.313 e. The Bertz CT molecular complexity index is 201. The van der Waals surface area contributed by atoms with E-state index in [-0.39, 0.29) is 0 Å². The first-order chi connectivity index (χ1) is 5.93. The van der Waals surface area contributed by atoms with Gasteiger partial charge in [-0.25, -0.2) is 0 Å². The van der Waals surface area contributed by atoms with E-state index in [0.29, 0.717) is 0 Å². The quantitative estimate of drug-likeness (QED) is 0.669. The molecule has 1 heteroatoms. The molecule has 0 aromatic heterocycles. The Morgan fingerprint density at radius 3 is 2.25 bits per heavy atom. The van der Waals surface area contributed by atoms with E-state index in [1.54, 1.807) is 0 Å². The fourth-order valence-corrected chi connectivity index (χ4v) is 0.865. The third kappa shape index (κ3) is 4.54. The minimum atomic E-state index is 0.983. The summed E-state index contributed by atoms with van der Waals surface area (Å²) in [7, 11) is 0. The Kier molecular flexibility index (Phi) is 7.02. The molecule has 0 radical (unpaired) electrons. The average Bonchev–Trinajstić information content (AvgIpc) is 2.19. The molecule has 12 heavy (non-hydrogen) atoms. The molecular formula is C11H15N. The molecule has 0 aliphatic rings. The lowest BCUT2D eigenvalue weighted by Gasteiger charge is -1.99. The van der Waals surface area contributed by atoms with E-state index >= 15 is 0 Å². The normalized spacial score (nSPS) is 8.25. The molecule has 0 heterocycles. The van der Waals surface area contributed by atoms with Gasteiger partial charge in [0.05, 0.1) is 0 Å². The predicted molar refractivity (Wildman–Crippen MR) is 53.7 cm³/mol. The van der Waals surface area contributed by atoms with Crippen molar-refractivity contribution < 1.29 is 0 Å². The van der Waals surface area contributed by atoms with Gasteiger partial charge in [0.2, 0.25) is 0 Å². The highest BCUT2D eigenvalue weighted by molar-refractivity contribution is 5.14. The van der Waals surface area contributed by atoms with Crippen LogP contribution < -0.4 is 5.32 Å². The molecule has 0 amide bonds. The molecule has 1 aromatic rings. The number of benzene rings is 1. The summed E-state index contributed by atoms with van der Waals surface area (Å²) in [5.41, 5.74) is 1.35. The second kappa shape index (κ2) is 7.84. The summed E-state index contributed by atoms with van der Waals surface area (Å²) >= 11 is 0. The van der Waals surface area contributed by atoms with Crippen molar-refractivity contribution in [1.82, 2.24) is 5.32 Å². The van der Waals surface area contributed by atoms with Gasteiger partial charge in [0.1, 0.15) is 0 Å². The van der Waals surface area contributed by atoms with Crippen LogP contribution in [0, 0.1) is 12.8 Å². The molecule has 1 aromatic carbocycles. The monoisotopic (exact) mass is 161 g/mol. The molecule has 0 atom stereocenters. The van der Waals surface area contributed by atoms with Crippen LogP contribution in [0.2, 0.25) is 0 Å². The molecule has 0 fully saturated rings. The van der Waals surface area contributed by atoms with Gasteiger partial charge in [-0.05, 0) is 12.1 Å². The molecule has 1 nitrogen and oxygen atoms in total. The van der Waals surface area contributed by atoms with Crippen LogP contribution in [0.25, 0.3) is 0 Å². The number of hydrogen-bond donors (Lipinski definition) is 1. The van der Waals surface area contributed by atoms with Gasteiger partial charge in [-0.1, -0.05) is 37.3 Å². The van der Waals surface area contributed by atoms with Crippen molar-refractivity contribution >= 4 is 0 Å². The van der Waals surface area contributed by atoms with Gasteiger partial charge >= 0.3 is 0 Å². The summed E-state index contributed by atoms with van der Waals surface area (Å²) in [6.07, 6.45) is 8.00. The minimum absolute atomic E-state index is 0.983. The van der Waals surface area contributed by atoms with Gasteiger partial charge < -0.3 is 5.32 Å². The summed E-state index contributed by atoms with van der Waals surface area (Å²) in [4.78, 5) is 0. The maximum absolute atomic E-state index is 4.00. The van der Waals surface area contributed by atoms with Crippen LogP contribution in [-0.4, -0.2) is 6.54 Å². The summed E-state index contributed by atoms with van der Waals surface area (Å²) in [6.45, 7) is 4.13. The maximum Gasteiger partial charge on any atom is 0.0205 e. The smallest absolute Gasteiger partial charge is 0.0205 e. The summed E-state index contributed by atoms with van der Waals surface area (Å²) < 4.78 is 0. The van der Waals surface area contributed by atoms with Gasteiger partial charge in [0.25, 0.3) is 0 Å². The van der Waals surface area contributed by atoms with Crippen molar-refractivity contribution in [2.45, 2.75) is 13.5 Å². The highest BCUT2D eigenvalue weighted by Crippen LogP contribution is 1.96. The van der Waals surface area contributed by atoms with Gasteiger partial charge in [-0.2, -0.15) is 0 Å². The summed E-state index contributed by atoms with van der Waals surface area (Å²) in [6, 6.07) is 10.4. The van der Waals surface area contributed by atoms with Gasteiger partial charge in [-0.15, -0.1) is 12.8 Å². The topological polar surface area (TPSA) is 12.0 Å². The first kappa shape index (κ1) is 10.7. The Morgan fingerprint density at radius 1 is 1.17 bits per heavy atom. The third-order valence-electron chi connectivity index (χ3n) is 1.42. The Balaban J connectivity index is 0.000000561. The first-order valence-corrected chi connectivity index (χ1v) is 4.01. The third-order valence-corrected chi connectivity index (χ3v) is 1.42. The number of hydrogen-bond acceptors (Lipinski definition) is 1. The number of terminal acetylenes is 1. The van der Waals surface area contributed by atoms with E-state index < -0.39 is 0 Å². The van der Waals surface area contributed by atoms with E-state index in [0.717, 1.165) is 13.1 Å². The lowest BCUT2D eigenvalue weighted by molar-refractivity contribution is 0.727. The molecular weight excluding hydrogens is 146 g/mol. The van der Waals surface area contributed by atoms with E-state index in [4.69, 9.17) is 0 Å². The summed E-state index contributed by atoms with van der Waals surface area (Å²) in [5, 5.41) is 3.26. The van der Waals surface area contributed by atoms with E-state index in [1.165, 1.54) is 5.56 Å². The lowest BCUT2D eigenvalue weighted by atomic mass is 10.2. The van der Waals surface area contributed by atoms with Crippen LogP contribution in [0.15, 0.2) is 30.3 Å². The molecule has 0 aliphatic carbocycles. The molecule has 0 aliphatic heterocycles. The fraction of sp³-hybridized carbons (Fsp3) is 0.273. The highest BCUT2D eigenvalue weighted by Gasteiger charge is 1.85. The second-order valence-corrected chi connectivity index (χ2v) is 2.27. The zero-order chi connectivity index (χ0) is 9.23. The maximum atomic E-state index is 4.00. The van der Waals surface area contributed by atoms with E-state index in [9.17, 15) is 0 Å².